The van der Waals surface area contributed by atoms with Crippen molar-refractivity contribution in [1.82, 2.24) is 9.97 Å². The van der Waals surface area contributed by atoms with Crippen LogP contribution >= 0.6 is 23.1 Å². The quantitative estimate of drug-likeness (QED) is 0.222. The van der Waals surface area contributed by atoms with Gasteiger partial charge in [0.15, 0.2) is 5.16 Å². The minimum atomic E-state index is -0.474. The summed E-state index contributed by atoms with van der Waals surface area (Å²) in [5, 5.41) is 5.39. The zero-order valence-corrected chi connectivity index (χ0v) is 21.2. The average Bonchev–Trinajstić information content (AvgIpc) is 3.25. The van der Waals surface area contributed by atoms with Gasteiger partial charge in [0.05, 0.1) is 22.9 Å². The molecule has 0 aliphatic rings. The van der Waals surface area contributed by atoms with E-state index in [0.717, 1.165) is 11.1 Å². The molecular formula is C26H27N3O3S2. The number of carbonyl (C=O) groups excluding carboxylic acids is 1. The summed E-state index contributed by atoms with van der Waals surface area (Å²) in [6.45, 7) is 8.49. The topological polar surface area (TPSA) is 84.1 Å². The van der Waals surface area contributed by atoms with Gasteiger partial charge in [-0.1, -0.05) is 62.0 Å². The van der Waals surface area contributed by atoms with Gasteiger partial charge in [0.1, 0.15) is 10.6 Å². The van der Waals surface area contributed by atoms with Crippen LogP contribution in [0, 0.1) is 0 Å². The van der Waals surface area contributed by atoms with Gasteiger partial charge in [-0.25, -0.2) is 4.98 Å². The Morgan fingerprint density at radius 2 is 1.88 bits per heavy atom. The van der Waals surface area contributed by atoms with E-state index in [9.17, 15) is 9.59 Å². The Labute approximate surface area is 206 Å². The lowest BCUT2D eigenvalue weighted by Gasteiger charge is -2.14. The smallest absolute Gasteiger partial charge is 0.260 e. The first-order valence-electron chi connectivity index (χ1n) is 11.2. The van der Waals surface area contributed by atoms with E-state index in [1.165, 1.54) is 28.7 Å². The number of thiophene rings is 1. The molecule has 0 aliphatic heterocycles. The molecule has 0 radical (unpaired) electrons. The van der Waals surface area contributed by atoms with Crippen LogP contribution in [0.2, 0.25) is 0 Å². The number of amides is 1. The first-order chi connectivity index (χ1) is 16.4. The molecule has 8 heteroatoms. The standard InChI is InChI=1S/C26H27N3O3S2/c1-5-32-21-9-7-6-8-20(21)27-23(30)16(4)34-26-28-24(31)22-19(14-33-25(22)29-26)18-12-10-17(11-13-18)15(2)3/h6-16H,5H2,1-4H3,(H,27,30)(H,28,29,31). The maximum absolute atomic E-state index is 13.0. The monoisotopic (exact) mass is 493 g/mol. The van der Waals surface area contributed by atoms with Crippen molar-refractivity contribution in [3.63, 3.8) is 0 Å². The molecule has 34 heavy (non-hydrogen) atoms. The van der Waals surface area contributed by atoms with Crippen molar-refractivity contribution in [3.8, 4) is 16.9 Å². The summed E-state index contributed by atoms with van der Waals surface area (Å²) in [5.74, 6) is 0.873. The highest BCUT2D eigenvalue weighted by Crippen LogP contribution is 2.33. The van der Waals surface area contributed by atoms with E-state index in [-0.39, 0.29) is 11.5 Å². The summed E-state index contributed by atoms with van der Waals surface area (Å²) < 4.78 is 5.58. The molecule has 1 amide bonds. The van der Waals surface area contributed by atoms with Gasteiger partial charge in [-0.3, -0.25) is 9.59 Å². The Morgan fingerprint density at radius 3 is 2.59 bits per heavy atom. The van der Waals surface area contributed by atoms with Crippen LogP contribution in [0.5, 0.6) is 5.75 Å². The molecular weight excluding hydrogens is 466 g/mol. The molecule has 176 valence electrons. The highest BCUT2D eigenvalue weighted by Gasteiger charge is 2.19. The van der Waals surface area contributed by atoms with Crippen LogP contribution in [0.3, 0.4) is 0 Å². The Balaban J connectivity index is 1.53. The third-order valence-electron chi connectivity index (χ3n) is 5.41. The molecule has 0 fully saturated rings. The molecule has 0 saturated carbocycles. The molecule has 4 rings (SSSR count). The van der Waals surface area contributed by atoms with Crippen molar-refractivity contribution in [3.05, 3.63) is 69.8 Å². The molecule has 2 aromatic heterocycles. The van der Waals surface area contributed by atoms with Crippen molar-refractivity contribution in [1.29, 1.82) is 0 Å². The van der Waals surface area contributed by atoms with Gasteiger partial charge in [-0.15, -0.1) is 11.3 Å². The third-order valence-corrected chi connectivity index (χ3v) is 7.27. The van der Waals surface area contributed by atoms with E-state index in [1.807, 2.05) is 42.6 Å². The Kier molecular flexibility index (Phi) is 7.38. The Bertz CT molecular complexity index is 1360. The van der Waals surface area contributed by atoms with E-state index in [0.29, 0.717) is 39.3 Å². The number of rotatable bonds is 8. The normalized spacial score (nSPS) is 12.1. The molecule has 2 aromatic carbocycles. The SMILES string of the molecule is CCOc1ccccc1NC(=O)C(C)Sc1nc2scc(-c3ccc(C(C)C)cc3)c2c(=O)[nH]1. The van der Waals surface area contributed by atoms with Crippen molar-refractivity contribution in [2.75, 3.05) is 11.9 Å². The van der Waals surface area contributed by atoms with Crippen LogP contribution in [0.25, 0.3) is 21.3 Å². The largest absolute Gasteiger partial charge is 0.492 e. The number of anilines is 1. The maximum atomic E-state index is 13.0. The second-order valence-corrected chi connectivity index (χ2v) is 10.3. The number of hydrogen-bond acceptors (Lipinski definition) is 6. The number of H-pyrrole nitrogens is 1. The highest BCUT2D eigenvalue weighted by molar-refractivity contribution is 8.00. The van der Waals surface area contributed by atoms with Crippen LogP contribution in [-0.4, -0.2) is 27.7 Å². The second-order valence-electron chi connectivity index (χ2n) is 8.16. The van der Waals surface area contributed by atoms with Crippen molar-refractivity contribution in [2.45, 2.75) is 44.0 Å². The lowest BCUT2D eigenvalue weighted by molar-refractivity contribution is -0.115. The van der Waals surface area contributed by atoms with Crippen LogP contribution in [0.4, 0.5) is 5.69 Å². The summed E-state index contributed by atoms with van der Waals surface area (Å²) in [6, 6.07) is 15.6. The number of hydrogen-bond donors (Lipinski definition) is 2. The number of nitrogens with zero attached hydrogens (tertiary/aromatic N) is 1. The van der Waals surface area contributed by atoms with E-state index in [4.69, 9.17) is 4.74 Å². The first-order valence-corrected chi connectivity index (χ1v) is 12.9. The van der Waals surface area contributed by atoms with Gasteiger partial charge in [0.25, 0.3) is 5.56 Å². The molecule has 0 spiro atoms. The van der Waals surface area contributed by atoms with E-state index in [1.54, 1.807) is 13.0 Å². The lowest BCUT2D eigenvalue weighted by atomic mass is 9.99. The minimum Gasteiger partial charge on any atom is -0.492 e. The number of ether oxygens (including phenoxy) is 1. The fourth-order valence-corrected chi connectivity index (χ4v) is 5.35. The highest BCUT2D eigenvalue weighted by atomic mass is 32.2. The third kappa shape index (κ3) is 5.18. The van der Waals surface area contributed by atoms with Gasteiger partial charge >= 0.3 is 0 Å². The molecule has 2 N–H and O–H groups in total. The number of benzene rings is 2. The van der Waals surface area contributed by atoms with Gasteiger partial charge in [0.2, 0.25) is 5.91 Å². The molecule has 6 nitrogen and oxygen atoms in total. The Morgan fingerprint density at radius 1 is 1.15 bits per heavy atom. The summed E-state index contributed by atoms with van der Waals surface area (Å²) in [7, 11) is 0. The van der Waals surface area contributed by atoms with Crippen LogP contribution in [0.15, 0.2) is 63.9 Å². The summed E-state index contributed by atoms with van der Waals surface area (Å²) in [4.78, 5) is 33.9. The average molecular weight is 494 g/mol. The second kappa shape index (κ2) is 10.4. The van der Waals surface area contributed by atoms with E-state index in [2.05, 4.69) is 41.3 Å². The number of fused-ring (bicyclic) bond motifs is 1. The van der Waals surface area contributed by atoms with Crippen LogP contribution < -0.4 is 15.6 Å². The first kappa shape index (κ1) is 24.0. The number of aromatic amines is 1. The van der Waals surface area contributed by atoms with Crippen molar-refractivity contribution < 1.29 is 9.53 Å². The fourth-order valence-electron chi connectivity index (χ4n) is 3.55. The summed E-state index contributed by atoms with van der Waals surface area (Å²) >= 11 is 2.65. The van der Waals surface area contributed by atoms with Crippen LogP contribution in [-0.2, 0) is 4.79 Å². The van der Waals surface area contributed by atoms with Gasteiger partial charge in [0, 0.05) is 10.9 Å². The van der Waals surface area contributed by atoms with Crippen molar-refractivity contribution >= 4 is 44.9 Å². The number of aromatic nitrogens is 2. The summed E-state index contributed by atoms with van der Waals surface area (Å²) in [5.41, 5.74) is 3.53. The maximum Gasteiger partial charge on any atom is 0.260 e. The minimum absolute atomic E-state index is 0.197. The molecule has 2 heterocycles. The van der Waals surface area contributed by atoms with Crippen LogP contribution in [0.1, 0.15) is 39.2 Å². The number of thioether (sulfide) groups is 1. The number of carbonyl (C=O) groups is 1. The molecule has 4 aromatic rings. The molecule has 0 bridgehead atoms. The fraction of sp³-hybridized carbons (Fsp3) is 0.269. The van der Waals surface area contributed by atoms with Crippen molar-refractivity contribution in [2.24, 2.45) is 0 Å². The van der Waals surface area contributed by atoms with Gasteiger partial charge in [-0.05, 0) is 43.0 Å². The number of nitrogens with one attached hydrogen (secondary N) is 2. The Hall–Kier alpha value is -3.10. The van der Waals surface area contributed by atoms with E-state index < -0.39 is 5.25 Å². The predicted octanol–water partition coefficient (Wildman–Crippen LogP) is 6.29. The van der Waals surface area contributed by atoms with E-state index >= 15 is 0 Å². The lowest BCUT2D eigenvalue weighted by Crippen LogP contribution is -2.23. The summed E-state index contributed by atoms with van der Waals surface area (Å²) in [6.07, 6.45) is 0. The van der Waals surface area contributed by atoms with Gasteiger partial charge in [-0.2, -0.15) is 0 Å². The number of para-hydroxylation sites is 2. The van der Waals surface area contributed by atoms with Gasteiger partial charge < -0.3 is 15.0 Å². The molecule has 1 unspecified atom stereocenters. The molecule has 0 saturated heterocycles. The molecule has 0 aliphatic carbocycles. The predicted molar refractivity (Wildman–Crippen MR) is 141 cm³/mol. The zero-order valence-electron chi connectivity index (χ0n) is 19.5. The molecule has 1 atom stereocenters. The zero-order chi connectivity index (χ0) is 24.2.